The van der Waals surface area contributed by atoms with E-state index in [0.29, 0.717) is 0 Å². The second-order valence-corrected chi connectivity index (χ2v) is 55.3. The summed E-state index contributed by atoms with van der Waals surface area (Å²) < 4.78 is 3.00. The zero-order valence-electron chi connectivity index (χ0n) is 54.2. The van der Waals surface area contributed by atoms with Crippen molar-refractivity contribution in [3.63, 3.8) is 0 Å². The van der Waals surface area contributed by atoms with Crippen LogP contribution < -0.4 is 0 Å². The number of rotatable bonds is 6. The Morgan fingerprint density at radius 3 is 0.802 bits per heavy atom. The third-order valence-electron chi connectivity index (χ3n) is 24.4. The van der Waals surface area contributed by atoms with Crippen molar-refractivity contribution in [2.45, 2.75) is 364 Å². The van der Waals surface area contributed by atoms with Gasteiger partial charge in [0.15, 0.2) is 0 Å². The van der Waals surface area contributed by atoms with Gasteiger partial charge >= 0.3 is 183 Å². The fourth-order valence-electron chi connectivity index (χ4n) is 20.8. The fraction of sp³-hybridized carbons (Fsp3) is 0.763. The molecule has 5 aliphatic carbocycles. The van der Waals surface area contributed by atoms with Crippen LogP contribution in [-0.4, -0.2) is 76.6 Å². The second kappa shape index (κ2) is 37.9. The molecule has 0 unspecified atom stereocenters. The van der Waals surface area contributed by atoms with Crippen LogP contribution in [0.2, 0.25) is 0 Å². The van der Waals surface area contributed by atoms with E-state index in [2.05, 4.69) is 36.4 Å². The molecule has 0 amide bonds. The normalized spacial score (nSPS) is 33.8. The van der Waals surface area contributed by atoms with E-state index in [1.54, 1.807) is 283 Å². The number of allylic oxidation sites excluding steroid dienone is 3. The van der Waals surface area contributed by atoms with Crippen molar-refractivity contribution in [1.29, 1.82) is 0 Å². The van der Waals surface area contributed by atoms with E-state index < -0.39 is 27.0 Å². The minimum absolute atomic E-state index is 0.0712. The second-order valence-electron chi connectivity index (χ2n) is 29.9. The molecule has 0 spiro atoms. The Kier molecular flexibility index (Phi) is 31.1. The fourth-order valence-corrected chi connectivity index (χ4v) is 45.5. The molecular weight excluding hydrogens is 1380 g/mol. The molecule has 0 radical (unpaired) electrons. The molecule has 8 bridgehead atoms. The molecule has 8 saturated heterocycles. The van der Waals surface area contributed by atoms with Crippen molar-refractivity contribution < 1.29 is 27.0 Å². The predicted octanol–water partition coefficient (Wildman–Crippen LogP) is 25.8. The zero-order chi connectivity index (χ0) is 59.5. The first-order chi connectivity index (χ1) is 42.2. The molecule has 2 aromatic carbocycles. The van der Waals surface area contributed by atoms with Crippen LogP contribution in [0.3, 0.4) is 0 Å². The number of hydrogen-bond acceptors (Lipinski definition) is 0. The molecule has 8 aliphatic heterocycles. The van der Waals surface area contributed by atoms with Gasteiger partial charge in [-0.05, 0) is 257 Å². The molecule has 2 aromatic rings. The van der Waals surface area contributed by atoms with E-state index in [1.165, 1.54) is 95.7 Å². The average molecular weight is 1500 g/mol. The molecule has 0 nitrogen and oxygen atoms in total. The maximum atomic E-state index is 6.19. The maximum absolute atomic E-state index is 6.19. The van der Waals surface area contributed by atoms with E-state index in [0.717, 1.165) is 4.11 Å². The zero-order valence-corrected chi connectivity index (χ0v) is 64.7. The van der Waals surface area contributed by atoms with Gasteiger partial charge in [0.1, 0.15) is 0 Å². The topological polar surface area (TPSA) is 0 Å². The number of fused-ring (bicyclic) bond motifs is 9. The molecule has 4 saturated carbocycles. The molecule has 13 aliphatic rings. The van der Waals surface area contributed by atoms with Gasteiger partial charge in [-0.25, -0.2) is 0 Å². The molecule has 86 heavy (non-hydrogen) atoms. The van der Waals surface area contributed by atoms with Crippen molar-refractivity contribution in [2.24, 2.45) is 0 Å². The number of halogens is 4. The van der Waals surface area contributed by atoms with Gasteiger partial charge in [-0.15, -0.1) is 0 Å². The number of benzene rings is 2. The molecule has 10 heteroatoms. The van der Waals surface area contributed by atoms with E-state index >= 15 is 0 Å². The van der Waals surface area contributed by atoms with E-state index in [-0.39, 0.29) is 31.7 Å². The van der Waals surface area contributed by atoms with Gasteiger partial charge in [0.25, 0.3) is 0 Å². The van der Waals surface area contributed by atoms with Crippen molar-refractivity contribution >= 4 is 84.7 Å². The SMILES string of the molecule is C1CCC([PH+]2C3CCCC2CCC3)CC1.C1CCC([PH+]2C3CCCC2CCC3)CC1.C1CCC([PH+]2C3CCCC2CCC3)CC1.C1CCC([PH+]2C3CCCC2CCC3)CC1.CC(C)=C[CH]=[Ru]([Cl])[Cl].[Cl][Ru]([Cl])=[C]1C=C(c2ccccc2)c2ccccc21. The molecule has 12 fully saturated rings. The molecule has 0 atom stereocenters. The van der Waals surface area contributed by atoms with Gasteiger partial charge in [0.2, 0.25) is 0 Å². The Labute approximate surface area is 559 Å². The standard InChI is InChI=1S/C15H10.4C14H25P.C5H8.4ClH.2Ru/c1-2-6-12(7-3-1)15-11-10-13-8-4-5-9-14(13)15;4*1-2-6-12(7-3-1)15-13-8-4-9-14(15)11-5-10-13;1-4-5(2)3;;;;;;/h1-9,11H;4*12-14H,1-11H2;1,4H,2-3H3;4*1H;;/q;;;;;;;;;;2*+2. The Morgan fingerprint density at radius 2 is 0.570 bits per heavy atom. The van der Waals surface area contributed by atoms with E-state index in [9.17, 15) is 0 Å². The number of hydrogen-bond donors (Lipinski definition) is 0. The Bertz CT molecular complexity index is 2140. The Morgan fingerprint density at radius 1 is 0.326 bits per heavy atom. The molecule has 15 rings (SSSR count). The minimum atomic E-state index is -1.88. The molecule has 0 aromatic heterocycles. The molecule has 8 heterocycles. The van der Waals surface area contributed by atoms with Crippen LogP contribution in [0.4, 0.5) is 0 Å². The summed E-state index contributed by atoms with van der Waals surface area (Å²) in [6.07, 6.45) is 74.5. The van der Waals surface area contributed by atoms with Crippen LogP contribution in [0.15, 0.2) is 72.3 Å². The van der Waals surface area contributed by atoms with Crippen LogP contribution in [-0.2, 0) is 27.0 Å². The Hall–Kier alpha value is 1.79. The summed E-state index contributed by atoms with van der Waals surface area (Å²) in [5, 5.41) is 0. The quantitative estimate of drug-likeness (QED) is 0.200. The summed E-state index contributed by atoms with van der Waals surface area (Å²) in [5.41, 5.74) is 21.1. The summed E-state index contributed by atoms with van der Waals surface area (Å²) >= 11 is -3.40. The molecule has 486 valence electrons. The van der Waals surface area contributed by atoms with Gasteiger partial charge in [0.05, 0.1) is 67.9 Å². The van der Waals surface area contributed by atoms with Crippen molar-refractivity contribution in [2.75, 3.05) is 0 Å². The van der Waals surface area contributed by atoms with Gasteiger partial charge in [0, 0.05) is 31.7 Å². The third kappa shape index (κ3) is 20.4. The summed E-state index contributed by atoms with van der Waals surface area (Å²) in [5.74, 6) is 0. The average Bonchev–Trinajstić information content (AvgIpc) is 3.28. The summed E-state index contributed by atoms with van der Waals surface area (Å²) in [4.78, 5) is 0. The Balaban J connectivity index is 0.000000116. The van der Waals surface area contributed by atoms with Crippen molar-refractivity contribution in [1.82, 2.24) is 0 Å². The first-order valence-electron chi connectivity index (χ1n) is 36.9. The van der Waals surface area contributed by atoms with Gasteiger partial charge in [-0.1, -0.05) is 25.7 Å². The monoisotopic (exact) mass is 1500 g/mol. The van der Waals surface area contributed by atoms with Crippen LogP contribution in [0.25, 0.3) is 5.57 Å². The summed E-state index contributed by atoms with van der Waals surface area (Å²) in [6.45, 7) is 4.03. The van der Waals surface area contributed by atoms with Gasteiger partial charge in [-0.2, -0.15) is 0 Å². The molecular formula is C76H122Cl4P4Ru2+4. The van der Waals surface area contributed by atoms with Crippen LogP contribution >= 0.6 is 70.5 Å². The summed E-state index contributed by atoms with van der Waals surface area (Å²) in [6, 6.07) is 18.7. The third-order valence-corrected chi connectivity index (χ3v) is 47.5. The first-order valence-corrected chi connectivity index (χ1v) is 54.6. The van der Waals surface area contributed by atoms with Gasteiger partial charge < -0.3 is 0 Å². The predicted molar refractivity (Wildman–Crippen MR) is 395 cm³/mol. The van der Waals surface area contributed by atoms with Crippen molar-refractivity contribution in [3.8, 4) is 0 Å². The van der Waals surface area contributed by atoms with E-state index in [1.807, 2.05) is 48.8 Å². The van der Waals surface area contributed by atoms with Crippen LogP contribution in [0, 0.1) is 0 Å². The van der Waals surface area contributed by atoms with Crippen LogP contribution in [0.5, 0.6) is 0 Å². The van der Waals surface area contributed by atoms with E-state index in [4.69, 9.17) is 38.8 Å². The molecule has 0 N–H and O–H groups in total. The van der Waals surface area contributed by atoms with Gasteiger partial charge in [-0.3, -0.25) is 0 Å². The summed E-state index contributed by atoms with van der Waals surface area (Å²) in [7, 11) is 23.7. The first kappa shape index (κ1) is 70.6. The van der Waals surface area contributed by atoms with Crippen LogP contribution in [0.1, 0.15) is 313 Å². The van der Waals surface area contributed by atoms with Crippen molar-refractivity contribution in [3.05, 3.63) is 89.0 Å².